The molecule has 3 aromatic rings. The van der Waals surface area contributed by atoms with Crippen LogP contribution in [0.5, 0.6) is 0 Å². The summed E-state index contributed by atoms with van der Waals surface area (Å²) >= 11 is 1.57. The van der Waals surface area contributed by atoms with Gasteiger partial charge in [0.05, 0.1) is 17.1 Å². The van der Waals surface area contributed by atoms with Crippen LogP contribution in [0.1, 0.15) is 16.8 Å². The first-order chi connectivity index (χ1) is 11.6. The van der Waals surface area contributed by atoms with E-state index in [9.17, 15) is 4.79 Å². The van der Waals surface area contributed by atoms with Crippen molar-refractivity contribution in [3.8, 4) is 10.8 Å². The van der Waals surface area contributed by atoms with Crippen LogP contribution in [0.2, 0.25) is 0 Å². The van der Waals surface area contributed by atoms with E-state index in [0.717, 1.165) is 10.4 Å². The van der Waals surface area contributed by atoms with Gasteiger partial charge < -0.3 is 14.6 Å². The van der Waals surface area contributed by atoms with Crippen molar-refractivity contribution in [3.63, 3.8) is 0 Å². The van der Waals surface area contributed by atoms with Gasteiger partial charge in [-0.2, -0.15) is 0 Å². The molecule has 0 aliphatic carbocycles. The van der Waals surface area contributed by atoms with E-state index in [1.54, 1.807) is 29.5 Å². The largest absolute Gasteiger partial charge is 0.443 e. The minimum Gasteiger partial charge on any atom is -0.443 e. The number of rotatable bonds is 5. The van der Waals surface area contributed by atoms with Crippen LogP contribution in [0.4, 0.5) is 4.79 Å². The highest BCUT2D eigenvalue weighted by Gasteiger charge is 2.11. The van der Waals surface area contributed by atoms with Gasteiger partial charge >= 0.3 is 6.03 Å². The summed E-state index contributed by atoms with van der Waals surface area (Å²) in [7, 11) is 1.77. The molecular weight excluding hydrogens is 322 g/mol. The Bertz CT molecular complexity index is 794. The standard InChI is InChI=1S/C18H19N3O2S/c1-13-5-7-14(8-6-13)11-21(2)18(22)19-10-15-12-23-17(20-15)16-4-3-9-24-16/h3-9,12H,10-11H2,1-2H3,(H,19,22). The Balaban J connectivity index is 1.52. The number of hydrogen-bond acceptors (Lipinski definition) is 4. The fourth-order valence-corrected chi connectivity index (χ4v) is 2.90. The van der Waals surface area contributed by atoms with Crippen molar-refractivity contribution in [3.05, 3.63) is 64.9 Å². The molecule has 0 saturated heterocycles. The highest BCUT2D eigenvalue weighted by Crippen LogP contribution is 2.23. The van der Waals surface area contributed by atoms with Crippen LogP contribution in [0.25, 0.3) is 10.8 Å². The number of nitrogens with one attached hydrogen (secondary N) is 1. The van der Waals surface area contributed by atoms with Crippen LogP contribution < -0.4 is 5.32 Å². The second-order valence-corrected chi connectivity index (χ2v) is 6.57. The smallest absolute Gasteiger partial charge is 0.317 e. The average Bonchev–Trinajstić information content (AvgIpc) is 3.25. The summed E-state index contributed by atoms with van der Waals surface area (Å²) in [6.45, 7) is 2.94. The summed E-state index contributed by atoms with van der Waals surface area (Å²) in [5.74, 6) is 0.585. The summed E-state index contributed by atoms with van der Waals surface area (Å²) < 4.78 is 5.44. The van der Waals surface area contributed by atoms with Gasteiger partial charge in [-0.05, 0) is 23.9 Å². The number of carbonyl (C=O) groups is 1. The molecule has 0 aliphatic rings. The lowest BCUT2D eigenvalue weighted by Gasteiger charge is -2.17. The molecule has 0 aliphatic heterocycles. The number of aromatic nitrogens is 1. The van der Waals surface area contributed by atoms with Crippen molar-refractivity contribution in [2.24, 2.45) is 0 Å². The van der Waals surface area contributed by atoms with E-state index in [4.69, 9.17) is 4.42 Å². The van der Waals surface area contributed by atoms with Crippen molar-refractivity contribution in [2.75, 3.05) is 7.05 Å². The number of aryl methyl sites for hydroxylation is 1. The van der Waals surface area contributed by atoms with Gasteiger partial charge in [-0.15, -0.1) is 11.3 Å². The molecule has 1 N–H and O–H groups in total. The van der Waals surface area contributed by atoms with Gasteiger partial charge in [0.1, 0.15) is 6.26 Å². The van der Waals surface area contributed by atoms with Gasteiger partial charge in [-0.1, -0.05) is 35.9 Å². The molecule has 2 aromatic heterocycles. The lowest BCUT2D eigenvalue weighted by atomic mass is 10.1. The normalized spacial score (nSPS) is 10.6. The molecule has 0 unspecified atom stereocenters. The van der Waals surface area contributed by atoms with E-state index in [-0.39, 0.29) is 6.03 Å². The molecule has 0 atom stereocenters. The first-order valence-corrected chi connectivity index (χ1v) is 8.52. The van der Waals surface area contributed by atoms with Crippen LogP contribution >= 0.6 is 11.3 Å². The van der Waals surface area contributed by atoms with E-state index in [1.165, 1.54) is 5.56 Å². The molecule has 124 valence electrons. The molecule has 6 heteroatoms. The molecule has 0 bridgehead atoms. The number of benzene rings is 1. The van der Waals surface area contributed by atoms with E-state index in [0.29, 0.717) is 24.7 Å². The van der Waals surface area contributed by atoms with E-state index < -0.39 is 0 Å². The van der Waals surface area contributed by atoms with Crippen molar-refractivity contribution in [1.29, 1.82) is 0 Å². The summed E-state index contributed by atoms with van der Waals surface area (Å²) in [6.07, 6.45) is 1.58. The SMILES string of the molecule is Cc1ccc(CN(C)C(=O)NCc2coc(-c3cccs3)n2)cc1. The maximum absolute atomic E-state index is 12.2. The molecule has 5 nitrogen and oxygen atoms in total. The highest BCUT2D eigenvalue weighted by atomic mass is 32.1. The Kier molecular flexibility index (Phi) is 4.96. The van der Waals surface area contributed by atoms with Gasteiger partial charge in [0, 0.05) is 13.6 Å². The maximum atomic E-state index is 12.2. The van der Waals surface area contributed by atoms with Crippen molar-refractivity contribution < 1.29 is 9.21 Å². The van der Waals surface area contributed by atoms with Gasteiger partial charge in [-0.25, -0.2) is 9.78 Å². The first-order valence-electron chi connectivity index (χ1n) is 7.64. The molecule has 0 spiro atoms. The molecule has 24 heavy (non-hydrogen) atoms. The third kappa shape index (κ3) is 4.02. The number of nitrogens with zero attached hydrogens (tertiary/aromatic N) is 2. The molecule has 3 rings (SSSR count). The van der Waals surface area contributed by atoms with Crippen LogP contribution in [-0.4, -0.2) is 23.0 Å². The van der Waals surface area contributed by atoms with Crippen LogP contribution in [-0.2, 0) is 13.1 Å². The number of thiophene rings is 1. The Hall–Kier alpha value is -2.60. The second kappa shape index (κ2) is 7.31. The molecule has 0 radical (unpaired) electrons. The maximum Gasteiger partial charge on any atom is 0.317 e. The third-order valence-corrected chi connectivity index (χ3v) is 4.45. The Morgan fingerprint density at radius 2 is 2.08 bits per heavy atom. The molecular formula is C18H19N3O2S. The predicted molar refractivity (Wildman–Crippen MR) is 94.7 cm³/mol. The number of oxazole rings is 1. The summed E-state index contributed by atoms with van der Waals surface area (Å²) in [5, 5.41) is 4.83. The fraction of sp³-hybridized carbons (Fsp3) is 0.222. The topological polar surface area (TPSA) is 58.4 Å². The molecule has 1 aromatic carbocycles. The van der Waals surface area contributed by atoms with Gasteiger partial charge in [-0.3, -0.25) is 0 Å². The zero-order chi connectivity index (χ0) is 16.9. The lowest BCUT2D eigenvalue weighted by Crippen LogP contribution is -2.36. The quantitative estimate of drug-likeness (QED) is 0.761. The Morgan fingerprint density at radius 3 is 2.79 bits per heavy atom. The van der Waals surface area contributed by atoms with Crippen LogP contribution in [0.3, 0.4) is 0 Å². The predicted octanol–water partition coefficient (Wildman–Crippen LogP) is 4.05. The summed E-state index contributed by atoms with van der Waals surface area (Å²) in [5.41, 5.74) is 3.01. The molecule has 2 amide bonds. The van der Waals surface area contributed by atoms with Crippen molar-refractivity contribution in [1.82, 2.24) is 15.2 Å². The summed E-state index contributed by atoms with van der Waals surface area (Å²) in [4.78, 5) is 19.2. The minimum absolute atomic E-state index is 0.142. The monoisotopic (exact) mass is 341 g/mol. The Morgan fingerprint density at radius 1 is 1.29 bits per heavy atom. The number of amides is 2. The van der Waals surface area contributed by atoms with Crippen molar-refractivity contribution in [2.45, 2.75) is 20.0 Å². The highest BCUT2D eigenvalue weighted by molar-refractivity contribution is 7.13. The van der Waals surface area contributed by atoms with Crippen LogP contribution in [0.15, 0.2) is 52.5 Å². The van der Waals surface area contributed by atoms with E-state index >= 15 is 0 Å². The first kappa shape index (κ1) is 16.3. The number of urea groups is 1. The Labute approximate surface area is 144 Å². The van der Waals surface area contributed by atoms with Gasteiger partial charge in [0.2, 0.25) is 5.89 Å². The van der Waals surface area contributed by atoms with Crippen molar-refractivity contribution >= 4 is 17.4 Å². The molecule has 0 saturated carbocycles. The average molecular weight is 341 g/mol. The number of hydrogen-bond donors (Lipinski definition) is 1. The molecule has 2 heterocycles. The van der Waals surface area contributed by atoms with Gasteiger partial charge in [0.25, 0.3) is 0 Å². The van der Waals surface area contributed by atoms with E-state index in [1.807, 2.05) is 48.7 Å². The molecule has 0 fully saturated rings. The zero-order valence-corrected chi connectivity index (χ0v) is 14.5. The number of carbonyl (C=O) groups excluding carboxylic acids is 1. The summed E-state index contributed by atoms with van der Waals surface area (Å²) in [6, 6.07) is 11.9. The second-order valence-electron chi connectivity index (χ2n) is 5.62. The lowest BCUT2D eigenvalue weighted by molar-refractivity contribution is 0.206. The van der Waals surface area contributed by atoms with Crippen LogP contribution in [0, 0.1) is 6.92 Å². The third-order valence-electron chi connectivity index (χ3n) is 3.59. The zero-order valence-electron chi connectivity index (χ0n) is 13.7. The van der Waals surface area contributed by atoms with E-state index in [2.05, 4.69) is 10.3 Å². The minimum atomic E-state index is -0.142. The fourth-order valence-electron chi connectivity index (χ4n) is 2.24. The van der Waals surface area contributed by atoms with Gasteiger partial charge in [0.15, 0.2) is 0 Å².